The summed E-state index contributed by atoms with van der Waals surface area (Å²) in [5.74, 6) is 0.533. The van der Waals surface area contributed by atoms with Gasteiger partial charge < -0.3 is 19.4 Å². The molecule has 160 valence electrons. The third-order valence-corrected chi connectivity index (χ3v) is 6.07. The van der Waals surface area contributed by atoms with E-state index in [0.717, 1.165) is 41.3 Å². The van der Waals surface area contributed by atoms with Gasteiger partial charge in [-0.15, -0.1) is 0 Å². The molecule has 1 fully saturated rings. The van der Waals surface area contributed by atoms with E-state index in [-0.39, 0.29) is 18.5 Å². The Balaban J connectivity index is 1.60. The van der Waals surface area contributed by atoms with Gasteiger partial charge in [-0.25, -0.2) is 9.79 Å². The minimum Gasteiger partial charge on any atom is -0.385 e. The van der Waals surface area contributed by atoms with Gasteiger partial charge in [0.1, 0.15) is 0 Å². The zero-order chi connectivity index (χ0) is 21.6. The van der Waals surface area contributed by atoms with Crippen molar-refractivity contribution in [3.8, 4) is 0 Å². The first kappa shape index (κ1) is 20.4. The molecule has 1 saturated heterocycles. The number of aliphatic imine (C=N–C) groups is 1. The van der Waals surface area contributed by atoms with E-state index in [2.05, 4.69) is 4.90 Å². The first-order valence-electron chi connectivity index (χ1n) is 10.3. The topological polar surface area (TPSA) is 68.7 Å². The molecule has 3 aliphatic rings. The molecule has 30 heavy (non-hydrogen) atoms. The smallest absolute Gasteiger partial charge is 0.328 e. The van der Waals surface area contributed by atoms with Crippen molar-refractivity contribution in [2.24, 2.45) is 4.99 Å². The largest absolute Gasteiger partial charge is 0.385 e. The lowest BCUT2D eigenvalue weighted by Gasteiger charge is -2.40. The van der Waals surface area contributed by atoms with Crippen LogP contribution in [0.3, 0.4) is 0 Å². The number of hydrogen-bond acceptors (Lipinski definition) is 6. The standard InChI is InChI=1S/C22H29N5O3/c1-14-7-8-15(2)17(11-14)13-27-20(28)18-19(24(4)22(27)29)23-21-25(9-6-10-30-5)16(3)12-26(18)21/h7-8,11-12,18-19H,6,9-10,13H2,1-5H3. The highest BCUT2D eigenvalue weighted by atomic mass is 16.5. The number of nitrogens with zero attached hydrogens (tertiary/aromatic N) is 5. The van der Waals surface area contributed by atoms with Crippen molar-refractivity contribution >= 4 is 17.9 Å². The van der Waals surface area contributed by atoms with Gasteiger partial charge in [0.15, 0.2) is 12.2 Å². The summed E-state index contributed by atoms with van der Waals surface area (Å²) in [5.41, 5.74) is 4.19. The van der Waals surface area contributed by atoms with Crippen LogP contribution in [0.25, 0.3) is 0 Å². The summed E-state index contributed by atoms with van der Waals surface area (Å²) in [4.78, 5) is 38.3. The summed E-state index contributed by atoms with van der Waals surface area (Å²) in [6, 6.07) is 5.26. The molecule has 8 heteroatoms. The SMILES string of the molecule is COCCCN1C(C)=CN2C1=NC1C2C(=O)N(Cc2cc(C)ccc2C)C(=O)N1C. The third kappa shape index (κ3) is 3.25. The predicted octanol–water partition coefficient (Wildman–Crippen LogP) is 2.28. The number of urea groups is 1. The van der Waals surface area contributed by atoms with Gasteiger partial charge >= 0.3 is 6.03 Å². The van der Waals surface area contributed by atoms with Gasteiger partial charge in [-0.2, -0.15) is 0 Å². The maximum Gasteiger partial charge on any atom is 0.328 e. The molecule has 0 N–H and O–H groups in total. The maximum absolute atomic E-state index is 13.5. The minimum absolute atomic E-state index is 0.203. The van der Waals surface area contributed by atoms with Crippen LogP contribution in [0.15, 0.2) is 35.1 Å². The number of hydrogen-bond donors (Lipinski definition) is 0. The first-order chi connectivity index (χ1) is 14.3. The molecule has 2 unspecified atom stereocenters. The molecule has 0 saturated carbocycles. The molecule has 0 aliphatic carbocycles. The molecule has 0 aromatic heterocycles. The summed E-state index contributed by atoms with van der Waals surface area (Å²) in [5, 5.41) is 0. The molecule has 1 aromatic carbocycles. The fourth-order valence-electron chi connectivity index (χ4n) is 4.33. The van der Waals surface area contributed by atoms with Crippen molar-refractivity contribution in [3.05, 3.63) is 46.8 Å². The summed E-state index contributed by atoms with van der Waals surface area (Å²) >= 11 is 0. The fourth-order valence-corrected chi connectivity index (χ4v) is 4.33. The first-order valence-corrected chi connectivity index (χ1v) is 10.3. The molecule has 4 rings (SSSR count). The number of allylic oxidation sites excluding steroid dienone is 1. The number of benzene rings is 1. The van der Waals surface area contributed by atoms with Crippen LogP contribution in [0, 0.1) is 13.8 Å². The minimum atomic E-state index is -0.532. The quantitative estimate of drug-likeness (QED) is 0.672. The molecular formula is C22H29N5O3. The second-order valence-electron chi connectivity index (χ2n) is 8.21. The van der Waals surface area contributed by atoms with Gasteiger partial charge in [0.25, 0.3) is 5.91 Å². The molecule has 0 radical (unpaired) electrons. The Morgan fingerprint density at radius 3 is 2.63 bits per heavy atom. The third-order valence-electron chi connectivity index (χ3n) is 6.07. The van der Waals surface area contributed by atoms with E-state index in [1.807, 2.05) is 50.1 Å². The highest BCUT2D eigenvalue weighted by Crippen LogP contribution is 2.34. The number of carbonyl (C=O) groups excluding carboxylic acids is 2. The van der Waals surface area contributed by atoms with Crippen LogP contribution in [-0.2, 0) is 16.1 Å². The van der Waals surface area contributed by atoms with Crippen molar-refractivity contribution in [1.29, 1.82) is 0 Å². The molecule has 3 amide bonds. The van der Waals surface area contributed by atoms with Crippen LogP contribution < -0.4 is 0 Å². The zero-order valence-electron chi connectivity index (χ0n) is 18.3. The molecular weight excluding hydrogens is 382 g/mol. The molecule has 2 atom stereocenters. The molecule has 0 spiro atoms. The number of amides is 3. The Morgan fingerprint density at radius 2 is 1.90 bits per heavy atom. The van der Waals surface area contributed by atoms with E-state index in [1.54, 1.807) is 19.1 Å². The van der Waals surface area contributed by atoms with Gasteiger partial charge in [-0.1, -0.05) is 23.8 Å². The number of ether oxygens (including phenoxy) is 1. The number of likely N-dealkylation sites (N-methyl/N-ethyl adjacent to an activating group) is 1. The lowest BCUT2D eigenvalue weighted by atomic mass is 10.0. The van der Waals surface area contributed by atoms with E-state index < -0.39 is 12.2 Å². The number of methoxy groups -OCH3 is 1. The summed E-state index contributed by atoms with van der Waals surface area (Å²) in [6.07, 6.45) is 2.31. The second-order valence-corrected chi connectivity index (χ2v) is 8.21. The molecule has 0 bridgehead atoms. The number of carbonyl (C=O) groups is 2. The van der Waals surface area contributed by atoms with E-state index in [9.17, 15) is 9.59 Å². The average Bonchev–Trinajstić information content (AvgIpc) is 3.22. The fraction of sp³-hybridized carbons (Fsp3) is 0.500. The normalized spacial score (nSPS) is 23.1. The Labute approximate surface area is 177 Å². The van der Waals surface area contributed by atoms with Gasteiger partial charge in [-0.3, -0.25) is 9.69 Å². The Morgan fingerprint density at radius 1 is 1.13 bits per heavy atom. The summed E-state index contributed by atoms with van der Waals surface area (Å²) in [7, 11) is 3.41. The second kappa shape index (κ2) is 7.75. The molecule has 1 aromatic rings. The highest BCUT2D eigenvalue weighted by molar-refractivity contribution is 6.04. The van der Waals surface area contributed by atoms with Crippen LogP contribution in [0.2, 0.25) is 0 Å². The number of rotatable bonds is 6. The Bertz CT molecular complexity index is 941. The summed E-state index contributed by atoms with van der Waals surface area (Å²) < 4.78 is 5.17. The van der Waals surface area contributed by atoms with Gasteiger partial charge in [0.2, 0.25) is 5.96 Å². The molecule has 3 aliphatic heterocycles. The van der Waals surface area contributed by atoms with Gasteiger partial charge in [-0.05, 0) is 38.3 Å². The Kier molecular flexibility index (Phi) is 5.27. The predicted molar refractivity (Wildman–Crippen MR) is 113 cm³/mol. The molecule has 8 nitrogen and oxygen atoms in total. The number of guanidine groups is 1. The van der Waals surface area contributed by atoms with Crippen LogP contribution in [0.5, 0.6) is 0 Å². The van der Waals surface area contributed by atoms with Crippen LogP contribution >= 0.6 is 0 Å². The monoisotopic (exact) mass is 411 g/mol. The van der Waals surface area contributed by atoms with Crippen molar-refractivity contribution < 1.29 is 14.3 Å². The average molecular weight is 412 g/mol. The van der Waals surface area contributed by atoms with Crippen LogP contribution in [-0.4, -0.2) is 77.0 Å². The summed E-state index contributed by atoms with van der Waals surface area (Å²) in [6.45, 7) is 7.70. The Hall–Kier alpha value is -2.87. The van der Waals surface area contributed by atoms with E-state index >= 15 is 0 Å². The number of aryl methyl sites for hydroxylation is 2. The van der Waals surface area contributed by atoms with E-state index in [0.29, 0.717) is 6.61 Å². The lowest BCUT2D eigenvalue weighted by Crippen LogP contribution is -2.63. The van der Waals surface area contributed by atoms with Crippen molar-refractivity contribution in [3.63, 3.8) is 0 Å². The van der Waals surface area contributed by atoms with Crippen LogP contribution in [0.1, 0.15) is 30.0 Å². The van der Waals surface area contributed by atoms with Crippen molar-refractivity contribution in [1.82, 2.24) is 19.6 Å². The van der Waals surface area contributed by atoms with E-state index in [4.69, 9.17) is 9.73 Å². The number of fused-ring (bicyclic) bond motifs is 3. The maximum atomic E-state index is 13.5. The zero-order valence-corrected chi connectivity index (χ0v) is 18.3. The highest BCUT2D eigenvalue weighted by Gasteiger charge is 2.54. The van der Waals surface area contributed by atoms with Crippen LogP contribution in [0.4, 0.5) is 4.79 Å². The van der Waals surface area contributed by atoms with Gasteiger partial charge in [0, 0.05) is 39.2 Å². The van der Waals surface area contributed by atoms with E-state index in [1.165, 1.54) is 4.90 Å². The lowest BCUT2D eigenvalue weighted by molar-refractivity contribution is -0.137. The molecule has 3 heterocycles. The van der Waals surface area contributed by atoms with Crippen molar-refractivity contribution in [2.75, 3.05) is 27.3 Å². The number of imide groups is 1. The van der Waals surface area contributed by atoms with Crippen molar-refractivity contribution in [2.45, 2.75) is 45.9 Å². The van der Waals surface area contributed by atoms with Gasteiger partial charge in [0.05, 0.1) is 6.54 Å².